The van der Waals surface area contributed by atoms with Crippen LogP contribution in [0, 0.1) is 23.7 Å². The van der Waals surface area contributed by atoms with Crippen molar-refractivity contribution >= 4 is 57.2 Å². The smallest absolute Gasteiger partial charge is 0.252 e. The first-order chi connectivity index (χ1) is 29.3. The van der Waals surface area contributed by atoms with Gasteiger partial charge in [0.2, 0.25) is 0 Å². The van der Waals surface area contributed by atoms with E-state index in [1.54, 1.807) is 22.3 Å². The van der Waals surface area contributed by atoms with E-state index in [0.29, 0.717) is 0 Å². The quantitative estimate of drug-likeness (QED) is 0.162. The average Bonchev–Trinajstić information content (AvgIpc) is 4.15. The summed E-state index contributed by atoms with van der Waals surface area (Å²) in [6.45, 7) is 0.146. The normalized spacial score (nSPS) is 27.5. The molecular weight excluding hydrogens is 711 g/mol. The van der Waals surface area contributed by atoms with E-state index >= 15 is 0 Å². The molecule has 0 N–H and O–H groups in total. The molecule has 282 valence electrons. The lowest BCUT2D eigenvalue weighted by molar-refractivity contribution is 0.400. The molecule has 15 rings (SSSR count). The van der Waals surface area contributed by atoms with Crippen LogP contribution in [0.5, 0.6) is 0 Å². The fourth-order valence-electron chi connectivity index (χ4n) is 15.8. The van der Waals surface area contributed by atoms with Crippen molar-refractivity contribution in [1.82, 2.24) is 0 Å². The first-order valence-corrected chi connectivity index (χ1v) is 22.7. The Hall–Kier alpha value is -5.80. The van der Waals surface area contributed by atoms with Gasteiger partial charge in [-0.15, -0.1) is 0 Å². The minimum atomic E-state index is 0.146. The summed E-state index contributed by atoms with van der Waals surface area (Å²) in [7, 11) is 0. The van der Waals surface area contributed by atoms with Gasteiger partial charge in [0.1, 0.15) is 0 Å². The van der Waals surface area contributed by atoms with E-state index in [1.165, 1.54) is 124 Å². The first kappa shape index (κ1) is 32.1. The van der Waals surface area contributed by atoms with Crippen molar-refractivity contribution in [1.29, 1.82) is 0 Å². The molecule has 0 aromatic heterocycles. The lowest BCUT2D eigenvalue weighted by Crippen LogP contribution is -2.61. The van der Waals surface area contributed by atoms with Crippen molar-refractivity contribution in [3.63, 3.8) is 0 Å². The van der Waals surface area contributed by atoms with Crippen LogP contribution in [0.4, 0.5) is 34.1 Å². The van der Waals surface area contributed by atoms with Crippen LogP contribution in [0.15, 0.2) is 152 Å². The van der Waals surface area contributed by atoms with E-state index in [1.807, 2.05) is 0 Å². The van der Waals surface area contributed by atoms with Crippen LogP contribution >= 0.6 is 0 Å². The molecule has 0 radical (unpaired) electrons. The molecule has 2 spiro atoms. The number of nitrogens with zero attached hydrogens (tertiary/aromatic N) is 2. The third-order valence-corrected chi connectivity index (χ3v) is 17.6. The maximum absolute atomic E-state index is 2.64. The lowest BCUT2D eigenvalue weighted by atomic mass is 9.33. The van der Waals surface area contributed by atoms with Gasteiger partial charge in [0, 0.05) is 45.0 Å². The second-order valence-corrected chi connectivity index (χ2v) is 19.3. The van der Waals surface area contributed by atoms with Crippen molar-refractivity contribution in [2.75, 3.05) is 9.80 Å². The van der Waals surface area contributed by atoms with Gasteiger partial charge in [0.05, 0.1) is 0 Å². The van der Waals surface area contributed by atoms with Gasteiger partial charge in [0.15, 0.2) is 0 Å². The van der Waals surface area contributed by atoms with E-state index in [-0.39, 0.29) is 17.5 Å². The first-order valence-electron chi connectivity index (χ1n) is 22.7. The fourth-order valence-corrected chi connectivity index (χ4v) is 15.8. The Balaban J connectivity index is 0.948. The molecule has 2 nitrogen and oxygen atoms in total. The highest BCUT2D eigenvalue weighted by Gasteiger charge is 2.61. The van der Waals surface area contributed by atoms with Gasteiger partial charge in [-0.05, 0) is 184 Å². The Morgan fingerprint density at radius 2 is 0.729 bits per heavy atom. The molecule has 4 fully saturated rings. The summed E-state index contributed by atoms with van der Waals surface area (Å²) in [6, 6.07) is 59.7. The topological polar surface area (TPSA) is 6.48 Å². The van der Waals surface area contributed by atoms with Gasteiger partial charge in [-0.3, -0.25) is 0 Å². The minimum absolute atomic E-state index is 0.146. The zero-order chi connectivity index (χ0) is 38.2. The minimum Gasteiger partial charge on any atom is -0.311 e. The van der Waals surface area contributed by atoms with Crippen molar-refractivity contribution in [2.24, 2.45) is 23.7 Å². The molecule has 59 heavy (non-hydrogen) atoms. The summed E-state index contributed by atoms with van der Waals surface area (Å²) in [6.07, 6.45) is 10.9. The number of fused-ring (bicyclic) bond motifs is 10. The molecule has 0 unspecified atom stereocenters. The summed E-state index contributed by atoms with van der Waals surface area (Å²) < 4.78 is 0. The number of benzene rings is 7. The molecule has 2 aliphatic heterocycles. The maximum Gasteiger partial charge on any atom is 0.252 e. The average molecular weight is 757 g/mol. The summed E-state index contributed by atoms with van der Waals surface area (Å²) in [5.74, 6) is 2.93. The zero-order valence-electron chi connectivity index (χ0n) is 33.4. The number of hydrogen-bond donors (Lipinski definition) is 0. The molecule has 8 aliphatic rings. The van der Waals surface area contributed by atoms with E-state index in [4.69, 9.17) is 0 Å². The summed E-state index contributed by atoms with van der Waals surface area (Å²) in [5, 5.41) is 0. The van der Waals surface area contributed by atoms with Crippen LogP contribution in [0.1, 0.15) is 73.6 Å². The maximum atomic E-state index is 2.64. The second kappa shape index (κ2) is 11.1. The second-order valence-electron chi connectivity index (χ2n) is 19.3. The van der Waals surface area contributed by atoms with E-state index in [0.717, 1.165) is 23.7 Å². The fraction of sp³-hybridized carbons (Fsp3) is 0.250. The largest absolute Gasteiger partial charge is 0.311 e. The molecule has 2 heterocycles. The van der Waals surface area contributed by atoms with Crippen LogP contribution < -0.4 is 26.2 Å². The van der Waals surface area contributed by atoms with Crippen LogP contribution in [0.2, 0.25) is 0 Å². The molecule has 4 saturated carbocycles. The van der Waals surface area contributed by atoms with Crippen LogP contribution in [0.25, 0.3) is 22.3 Å². The van der Waals surface area contributed by atoms with E-state index in [2.05, 4.69) is 161 Å². The van der Waals surface area contributed by atoms with E-state index < -0.39 is 0 Å². The predicted molar refractivity (Wildman–Crippen MR) is 244 cm³/mol. The van der Waals surface area contributed by atoms with Crippen molar-refractivity contribution in [3.8, 4) is 22.3 Å². The molecular formula is C56H45BN2. The van der Waals surface area contributed by atoms with Crippen LogP contribution in [0.3, 0.4) is 0 Å². The third-order valence-electron chi connectivity index (χ3n) is 17.6. The van der Waals surface area contributed by atoms with Gasteiger partial charge in [0.25, 0.3) is 6.71 Å². The molecule has 4 bridgehead atoms. The number of para-hydroxylation sites is 2. The van der Waals surface area contributed by atoms with Gasteiger partial charge >= 0.3 is 0 Å². The number of hydrogen-bond acceptors (Lipinski definition) is 2. The van der Waals surface area contributed by atoms with Gasteiger partial charge < -0.3 is 9.80 Å². The highest BCUT2D eigenvalue weighted by atomic mass is 15.2. The van der Waals surface area contributed by atoms with Crippen molar-refractivity contribution in [2.45, 2.75) is 62.2 Å². The standard InChI is InChI=1S/C56H45BN2/c1-3-12-44-40(10-1)42-30-28-38(32-46(42)55(44)34-20-21-35(55)23-22-34)58-50-16-7-5-14-48(50)57-49-15-6-8-17-51(49)59(53-19-9-18-52(58)54(53)57)39-29-31-43-41-11-2-4-13-45(41)56(47(43)33-39)36-24-25-37(56)27-26-36/h1-19,28-37H,20-27H2. The molecule has 0 amide bonds. The van der Waals surface area contributed by atoms with Gasteiger partial charge in [-0.2, -0.15) is 0 Å². The summed E-state index contributed by atoms with van der Waals surface area (Å²) in [4.78, 5) is 5.27. The molecule has 6 aliphatic carbocycles. The predicted octanol–water partition coefficient (Wildman–Crippen LogP) is 11.9. The van der Waals surface area contributed by atoms with Gasteiger partial charge in [-0.25, -0.2) is 0 Å². The molecule has 0 saturated heterocycles. The van der Waals surface area contributed by atoms with Gasteiger partial charge in [-0.1, -0.05) is 103 Å². The Labute approximate surface area is 347 Å². The van der Waals surface area contributed by atoms with Crippen molar-refractivity contribution in [3.05, 3.63) is 174 Å². The monoisotopic (exact) mass is 756 g/mol. The SMILES string of the molecule is c1ccc2c(c1)B1c3ccccc3N(c3ccc4c(c3)C3(c5ccccc5-4)C4CCC3CC4)c3cccc(c31)N2c1ccc2c(c1)C1(c3ccccc3-2)C2CCC1CC2. The number of anilines is 6. The Kier molecular flexibility index (Phi) is 6.02. The molecule has 7 aromatic rings. The molecule has 0 atom stereocenters. The van der Waals surface area contributed by atoms with Crippen molar-refractivity contribution < 1.29 is 0 Å². The van der Waals surface area contributed by atoms with Crippen LogP contribution in [-0.4, -0.2) is 6.71 Å². The number of rotatable bonds is 2. The molecule has 3 heteroatoms. The Bertz CT molecular complexity index is 2760. The van der Waals surface area contributed by atoms with E-state index in [9.17, 15) is 0 Å². The summed E-state index contributed by atoms with van der Waals surface area (Å²) in [5.41, 5.74) is 24.6. The summed E-state index contributed by atoms with van der Waals surface area (Å²) >= 11 is 0. The zero-order valence-corrected chi connectivity index (χ0v) is 33.4. The lowest BCUT2D eigenvalue weighted by Gasteiger charge is -2.44. The molecule has 7 aromatic carbocycles. The highest BCUT2D eigenvalue weighted by Crippen LogP contribution is 2.69. The third kappa shape index (κ3) is 3.64. The highest BCUT2D eigenvalue weighted by molar-refractivity contribution is 7.00. The Morgan fingerprint density at radius 3 is 1.19 bits per heavy atom. The Morgan fingerprint density at radius 1 is 0.356 bits per heavy atom. The van der Waals surface area contributed by atoms with Crippen LogP contribution in [-0.2, 0) is 10.8 Å².